The van der Waals surface area contributed by atoms with Gasteiger partial charge in [0.05, 0.1) is 0 Å². The maximum atomic E-state index is 9.00. The summed E-state index contributed by atoms with van der Waals surface area (Å²) in [5.41, 5.74) is 7.87. The molecule has 1 aromatic carbocycles. The molecule has 0 bridgehead atoms. The van der Waals surface area contributed by atoms with Crippen molar-refractivity contribution in [3.05, 3.63) is 34.3 Å². The highest BCUT2D eigenvalue weighted by Gasteiger charge is 2.05. The molecule has 2 nitrogen and oxygen atoms in total. The molecule has 0 aliphatic rings. The smallest absolute Gasteiger partial charge is 0.0471 e. The van der Waals surface area contributed by atoms with Crippen molar-refractivity contribution in [2.24, 2.45) is 11.7 Å². The highest BCUT2D eigenvalue weighted by atomic mass is 35.5. The molecule has 0 radical (unpaired) electrons. The summed E-state index contributed by atoms with van der Waals surface area (Å²) in [6, 6.07) is 6.04. The van der Waals surface area contributed by atoms with E-state index in [4.69, 9.17) is 22.4 Å². The van der Waals surface area contributed by atoms with Gasteiger partial charge in [-0.05, 0) is 49.4 Å². The lowest BCUT2D eigenvalue weighted by Crippen LogP contribution is -2.18. The first-order valence-corrected chi connectivity index (χ1v) is 5.61. The lowest BCUT2D eigenvalue weighted by Gasteiger charge is -2.11. The quantitative estimate of drug-likeness (QED) is 0.810. The predicted octanol–water partition coefficient (Wildman–Crippen LogP) is 2.15. The van der Waals surface area contributed by atoms with E-state index in [2.05, 4.69) is 6.07 Å². The van der Waals surface area contributed by atoms with E-state index in [9.17, 15) is 0 Å². The van der Waals surface area contributed by atoms with Crippen molar-refractivity contribution in [1.29, 1.82) is 0 Å². The van der Waals surface area contributed by atoms with E-state index in [1.165, 1.54) is 5.56 Å². The standard InChI is InChI=1S/C12H18ClNO/c1-9-6-10(4-5-12(9)13)2-3-11(7-14)8-15/h4-6,11,15H,2-3,7-8,14H2,1H3. The number of rotatable bonds is 5. The maximum Gasteiger partial charge on any atom is 0.0471 e. The summed E-state index contributed by atoms with van der Waals surface area (Å²) in [7, 11) is 0. The Morgan fingerprint density at radius 2 is 2.20 bits per heavy atom. The molecule has 1 aromatic rings. The molecule has 0 aromatic heterocycles. The van der Waals surface area contributed by atoms with Gasteiger partial charge in [0.15, 0.2) is 0 Å². The molecule has 0 spiro atoms. The second-order valence-electron chi connectivity index (χ2n) is 3.91. The van der Waals surface area contributed by atoms with Gasteiger partial charge in [0.2, 0.25) is 0 Å². The van der Waals surface area contributed by atoms with Gasteiger partial charge in [0.1, 0.15) is 0 Å². The zero-order chi connectivity index (χ0) is 11.3. The number of aliphatic hydroxyl groups excluding tert-OH is 1. The van der Waals surface area contributed by atoms with Crippen LogP contribution in [0.2, 0.25) is 5.02 Å². The largest absolute Gasteiger partial charge is 0.396 e. The molecule has 0 saturated heterocycles. The number of aliphatic hydroxyl groups is 1. The zero-order valence-corrected chi connectivity index (χ0v) is 9.80. The summed E-state index contributed by atoms with van der Waals surface area (Å²) in [5, 5.41) is 9.80. The Hall–Kier alpha value is -0.570. The predicted molar refractivity (Wildman–Crippen MR) is 64.1 cm³/mol. The van der Waals surface area contributed by atoms with Crippen molar-refractivity contribution < 1.29 is 5.11 Å². The summed E-state index contributed by atoms with van der Waals surface area (Å²) in [4.78, 5) is 0. The van der Waals surface area contributed by atoms with Gasteiger partial charge in [-0.25, -0.2) is 0 Å². The van der Waals surface area contributed by atoms with Crippen LogP contribution >= 0.6 is 11.6 Å². The molecule has 0 fully saturated rings. The maximum absolute atomic E-state index is 9.00. The Morgan fingerprint density at radius 3 is 2.73 bits per heavy atom. The molecule has 1 rings (SSSR count). The molecule has 1 unspecified atom stereocenters. The van der Waals surface area contributed by atoms with Crippen LogP contribution in [0, 0.1) is 12.8 Å². The van der Waals surface area contributed by atoms with E-state index < -0.39 is 0 Å². The minimum Gasteiger partial charge on any atom is -0.396 e. The van der Waals surface area contributed by atoms with Gasteiger partial charge >= 0.3 is 0 Å². The van der Waals surface area contributed by atoms with Crippen LogP contribution in [0.25, 0.3) is 0 Å². The topological polar surface area (TPSA) is 46.2 Å². The summed E-state index contributed by atoms with van der Waals surface area (Å²) < 4.78 is 0. The van der Waals surface area contributed by atoms with E-state index in [0.29, 0.717) is 6.54 Å². The van der Waals surface area contributed by atoms with Crippen LogP contribution in [0.4, 0.5) is 0 Å². The zero-order valence-electron chi connectivity index (χ0n) is 9.04. The second-order valence-corrected chi connectivity index (χ2v) is 4.31. The minimum atomic E-state index is 0.170. The lowest BCUT2D eigenvalue weighted by atomic mass is 9.99. The van der Waals surface area contributed by atoms with E-state index in [1.807, 2.05) is 19.1 Å². The number of hydrogen-bond donors (Lipinski definition) is 2. The van der Waals surface area contributed by atoms with Crippen LogP contribution in [0.5, 0.6) is 0 Å². The monoisotopic (exact) mass is 227 g/mol. The average molecular weight is 228 g/mol. The van der Waals surface area contributed by atoms with Crippen LogP contribution in [0.1, 0.15) is 17.5 Å². The summed E-state index contributed by atoms with van der Waals surface area (Å²) >= 11 is 5.94. The van der Waals surface area contributed by atoms with E-state index in [0.717, 1.165) is 23.4 Å². The third-order valence-corrected chi connectivity index (χ3v) is 3.08. The molecule has 0 aliphatic carbocycles. The molecule has 1 atom stereocenters. The van der Waals surface area contributed by atoms with E-state index in [-0.39, 0.29) is 12.5 Å². The highest BCUT2D eigenvalue weighted by molar-refractivity contribution is 6.31. The van der Waals surface area contributed by atoms with E-state index >= 15 is 0 Å². The SMILES string of the molecule is Cc1cc(CCC(CN)CO)ccc1Cl. The Bertz CT molecular complexity index is 310. The molecule has 0 amide bonds. The fraction of sp³-hybridized carbons (Fsp3) is 0.500. The van der Waals surface area contributed by atoms with Gasteiger partial charge in [0.25, 0.3) is 0 Å². The van der Waals surface area contributed by atoms with Gasteiger partial charge in [-0.15, -0.1) is 0 Å². The summed E-state index contributed by atoms with van der Waals surface area (Å²) in [6.07, 6.45) is 1.87. The number of halogens is 1. The number of benzene rings is 1. The normalized spacial score (nSPS) is 12.8. The van der Waals surface area contributed by atoms with Crippen LogP contribution in [-0.2, 0) is 6.42 Å². The number of nitrogens with two attached hydrogens (primary N) is 1. The summed E-state index contributed by atoms with van der Waals surface area (Å²) in [5.74, 6) is 0.209. The molecule has 15 heavy (non-hydrogen) atoms. The molecule has 3 N–H and O–H groups in total. The fourth-order valence-electron chi connectivity index (χ4n) is 1.52. The molecule has 84 valence electrons. The van der Waals surface area contributed by atoms with Gasteiger partial charge in [-0.1, -0.05) is 23.7 Å². The van der Waals surface area contributed by atoms with Crippen molar-refractivity contribution in [3.8, 4) is 0 Å². The van der Waals surface area contributed by atoms with Gasteiger partial charge in [-0.2, -0.15) is 0 Å². The molecule has 0 aliphatic heterocycles. The molecule has 3 heteroatoms. The van der Waals surface area contributed by atoms with Crippen molar-refractivity contribution >= 4 is 11.6 Å². The third kappa shape index (κ3) is 3.82. The average Bonchev–Trinajstić information content (AvgIpc) is 2.24. The van der Waals surface area contributed by atoms with Crippen LogP contribution in [0.3, 0.4) is 0 Å². The molecular formula is C12H18ClNO. The van der Waals surface area contributed by atoms with Crippen molar-refractivity contribution in [3.63, 3.8) is 0 Å². The first-order valence-electron chi connectivity index (χ1n) is 5.23. The molecular weight excluding hydrogens is 210 g/mol. The van der Waals surface area contributed by atoms with Gasteiger partial charge in [-0.3, -0.25) is 0 Å². The fourth-order valence-corrected chi connectivity index (χ4v) is 1.63. The van der Waals surface area contributed by atoms with Crippen molar-refractivity contribution in [1.82, 2.24) is 0 Å². The Labute approximate surface area is 96.1 Å². The number of hydrogen-bond acceptors (Lipinski definition) is 2. The minimum absolute atomic E-state index is 0.170. The Balaban J connectivity index is 2.54. The van der Waals surface area contributed by atoms with E-state index in [1.54, 1.807) is 0 Å². The van der Waals surface area contributed by atoms with Crippen molar-refractivity contribution in [2.45, 2.75) is 19.8 Å². The van der Waals surface area contributed by atoms with Crippen LogP contribution in [0.15, 0.2) is 18.2 Å². The van der Waals surface area contributed by atoms with Crippen LogP contribution < -0.4 is 5.73 Å². The first-order chi connectivity index (χ1) is 7.17. The Kier molecular flexibility index (Phi) is 5.09. The van der Waals surface area contributed by atoms with Gasteiger partial charge < -0.3 is 10.8 Å². The van der Waals surface area contributed by atoms with Crippen molar-refractivity contribution in [2.75, 3.05) is 13.2 Å². The molecule has 0 heterocycles. The molecule has 0 saturated carbocycles. The van der Waals surface area contributed by atoms with Crippen LogP contribution in [-0.4, -0.2) is 18.3 Å². The second kappa shape index (κ2) is 6.11. The third-order valence-electron chi connectivity index (χ3n) is 2.66. The van der Waals surface area contributed by atoms with Gasteiger partial charge in [0, 0.05) is 11.6 Å². The Morgan fingerprint density at radius 1 is 1.47 bits per heavy atom. The number of aryl methyl sites for hydroxylation is 2. The highest BCUT2D eigenvalue weighted by Crippen LogP contribution is 2.18. The summed E-state index contributed by atoms with van der Waals surface area (Å²) in [6.45, 7) is 2.71. The lowest BCUT2D eigenvalue weighted by molar-refractivity contribution is 0.223. The first kappa shape index (κ1) is 12.5.